The molecule has 0 aromatic heterocycles. The number of hydrogen-bond acceptors (Lipinski definition) is 3. The maximum Gasteiger partial charge on any atom is 0.251 e. The van der Waals surface area contributed by atoms with Gasteiger partial charge in [0.05, 0.1) is 10.7 Å². The Kier molecular flexibility index (Phi) is 4.37. The molecule has 0 fully saturated rings. The normalized spacial score (nSPS) is 11.3. The van der Waals surface area contributed by atoms with Gasteiger partial charge in [-0.25, -0.2) is 0 Å². The van der Waals surface area contributed by atoms with E-state index in [-0.39, 0.29) is 12.5 Å². The first-order chi connectivity index (χ1) is 7.85. The van der Waals surface area contributed by atoms with Gasteiger partial charge in [-0.05, 0) is 38.5 Å². The van der Waals surface area contributed by atoms with E-state index in [9.17, 15) is 4.79 Å². The summed E-state index contributed by atoms with van der Waals surface area (Å²) < 4.78 is 0. The van der Waals surface area contributed by atoms with Gasteiger partial charge < -0.3 is 16.2 Å². The van der Waals surface area contributed by atoms with Gasteiger partial charge in [-0.2, -0.15) is 0 Å². The average molecular weight is 257 g/mol. The second kappa shape index (κ2) is 5.38. The molecule has 0 aliphatic heterocycles. The number of rotatable bonds is 4. The number of benzene rings is 1. The van der Waals surface area contributed by atoms with Crippen molar-refractivity contribution in [2.24, 2.45) is 0 Å². The summed E-state index contributed by atoms with van der Waals surface area (Å²) in [6.07, 6.45) is 0.488. The van der Waals surface area contributed by atoms with Crippen LogP contribution in [0.2, 0.25) is 5.02 Å². The number of halogens is 1. The van der Waals surface area contributed by atoms with Gasteiger partial charge in [0.15, 0.2) is 0 Å². The predicted octanol–water partition coefficient (Wildman–Crippen LogP) is 1.81. The highest BCUT2D eigenvalue weighted by Gasteiger charge is 2.20. The molecule has 94 valence electrons. The van der Waals surface area contributed by atoms with E-state index in [4.69, 9.17) is 22.4 Å². The van der Waals surface area contributed by atoms with E-state index < -0.39 is 5.54 Å². The number of anilines is 1. The SMILES string of the molecule is CC(C)(CCO)NC(=O)c1ccc(N)c(Cl)c1. The minimum Gasteiger partial charge on any atom is -0.398 e. The number of aliphatic hydroxyl groups excluding tert-OH is 1. The Morgan fingerprint density at radius 2 is 2.18 bits per heavy atom. The van der Waals surface area contributed by atoms with E-state index >= 15 is 0 Å². The summed E-state index contributed by atoms with van der Waals surface area (Å²) >= 11 is 5.85. The second-order valence-electron chi connectivity index (χ2n) is 4.55. The zero-order chi connectivity index (χ0) is 13.1. The van der Waals surface area contributed by atoms with Gasteiger partial charge in [-0.1, -0.05) is 11.6 Å². The van der Waals surface area contributed by atoms with Gasteiger partial charge in [-0.3, -0.25) is 4.79 Å². The molecule has 0 unspecified atom stereocenters. The molecule has 4 nitrogen and oxygen atoms in total. The van der Waals surface area contributed by atoms with E-state index in [0.29, 0.717) is 22.7 Å². The Balaban J connectivity index is 2.80. The predicted molar refractivity (Wildman–Crippen MR) is 69.1 cm³/mol. The average Bonchev–Trinajstić information content (AvgIpc) is 2.21. The zero-order valence-corrected chi connectivity index (χ0v) is 10.7. The Hall–Kier alpha value is -1.26. The number of hydrogen-bond donors (Lipinski definition) is 3. The lowest BCUT2D eigenvalue weighted by atomic mass is 10.0. The Labute approximate surface area is 106 Å². The third-order valence-electron chi connectivity index (χ3n) is 2.45. The fourth-order valence-electron chi connectivity index (χ4n) is 1.39. The number of nitrogen functional groups attached to an aromatic ring is 1. The first kappa shape index (κ1) is 13.8. The molecule has 4 N–H and O–H groups in total. The van der Waals surface area contributed by atoms with Gasteiger partial charge in [0.1, 0.15) is 0 Å². The highest BCUT2D eigenvalue weighted by atomic mass is 35.5. The second-order valence-corrected chi connectivity index (χ2v) is 4.96. The first-order valence-electron chi connectivity index (χ1n) is 5.34. The quantitative estimate of drug-likeness (QED) is 0.720. The van der Waals surface area contributed by atoms with E-state index in [1.165, 1.54) is 6.07 Å². The van der Waals surface area contributed by atoms with Gasteiger partial charge in [0.2, 0.25) is 0 Å². The standard InChI is InChI=1S/C12H17ClN2O2/c1-12(2,5-6-16)15-11(17)8-3-4-10(14)9(13)7-8/h3-4,7,16H,5-6,14H2,1-2H3,(H,15,17). The van der Waals surface area contributed by atoms with Gasteiger partial charge >= 0.3 is 0 Å². The molecule has 0 aliphatic carbocycles. The molecule has 0 atom stereocenters. The van der Waals surface area contributed by atoms with Crippen molar-refractivity contribution in [3.8, 4) is 0 Å². The van der Waals surface area contributed by atoms with Crippen molar-refractivity contribution in [2.45, 2.75) is 25.8 Å². The molecular weight excluding hydrogens is 240 g/mol. The van der Waals surface area contributed by atoms with E-state index in [1.54, 1.807) is 12.1 Å². The third kappa shape index (κ3) is 3.91. The van der Waals surface area contributed by atoms with Crippen LogP contribution in [0.5, 0.6) is 0 Å². The summed E-state index contributed by atoms with van der Waals surface area (Å²) in [7, 11) is 0. The zero-order valence-electron chi connectivity index (χ0n) is 9.96. The lowest BCUT2D eigenvalue weighted by Gasteiger charge is -2.25. The lowest BCUT2D eigenvalue weighted by Crippen LogP contribution is -2.44. The molecule has 5 heteroatoms. The van der Waals surface area contributed by atoms with Crippen LogP contribution in [0, 0.1) is 0 Å². The van der Waals surface area contributed by atoms with Crippen molar-refractivity contribution >= 4 is 23.2 Å². The number of nitrogens with two attached hydrogens (primary N) is 1. The molecule has 0 aliphatic rings. The molecule has 0 spiro atoms. The molecule has 1 amide bonds. The fraction of sp³-hybridized carbons (Fsp3) is 0.417. The maximum atomic E-state index is 11.9. The number of nitrogens with one attached hydrogen (secondary N) is 1. The van der Waals surface area contributed by atoms with Crippen LogP contribution in [0.3, 0.4) is 0 Å². The minimum absolute atomic E-state index is 0.0236. The molecule has 1 rings (SSSR count). The van der Waals surface area contributed by atoms with Crippen LogP contribution < -0.4 is 11.1 Å². The van der Waals surface area contributed by atoms with Crippen LogP contribution in [-0.2, 0) is 0 Å². The summed E-state index contributed by atoms with van der Waals surface area (Å²) in [5.41, 5.74) is 6.00. The van der Waals surface area contributed by atoms with Gasteiger partial charge in [0, 0.05) is 17.7 Å². The minimum atomic E-state index is -0.459. The molecule has 0 heterocycles. The lowest BCUT2D eigenvalue weighted by molar-refractivity contribution is 0.0899. The number of carbonyl (C=O) groups is 1. The van der Waals surface area contributed by atoms with Crippen molar-refractivity contribution < 1.29 is 9.90 Å². The molecular formula is C12H17ClN2O2. The largest absolute Gasteiger partial charge is 0.398 e. The Morgan fingerprint density at radius 3 is 2.71 bits per heavy atom. The van der Waals surface area contributed by atoms with Crippen LogP contribution in [0.4, 0.5) is 5.69 Å². The molecule has 17 heavy (non-hydrogen) atoms. The van der Waals surface area contributed by atoms with Crippen molar-refractivity contribution in [1.82, 2.24) is 5.32 Å². The molecule has 1 aromatic rings. The molecule has 0 radical (unpaired) electrons. The van der Waals surface area contributed by atoms with Gasteiger partial charge in [-0.15, -0.1) is 0 Å². The monoisotopic (exact) mass is 256 g/mol. The molecule has 0 bridgehead atoms. The van der Waals surface area contributed by atoms with E-state index in [1.807, 2.05) is 13.8 Å². The van der Waals surface area contributed by atoms with Crippen molar-refractivity contribution in [2.75, 3.05) is 12.3 Å². The van der Waals surface area contributed by atoms with Crippen LogP contribution in [0.25, 0.3) is 0 Å². The highest BCUT2D eigenvalue weighted by molar-refractivity contribution is 6.33. The number of amides is 1. The molecule has 0 saturated carbocycles. The highest BCUT2D eigenvalue weighted by Crippen LogP contribution is 2.20. The topological polar surface area (TPSA) is 75.3 Å². The van der Waals surface area contributed by atoms with Crippen molar-refractivity contribution in [3.63, 3.8) is 0 Å². The van der Waals surface area contributed by atoms with Crippen LogP contribution in [0.15, 0.2) is 18.2 Å². The van der Waals surface area contributed by atoms with Crippen molar-refractivity contribution in [3.05, 3.63) is 28.8 Å². The smallest absolute Gasteiger partial charge is 0.251 e. The fourth-order valence-corrected chi connectivity index (χ4v) is 1.57. The van der Waals surface area contributed by atoms with E-state index in [0.717, 1.165) is 0 Å². The summed E-state index contributed by atoms with van der Waals surface area (Å²) in [6, 6.07) is 4.74. The number of aliphatic hydroxyl groups is 1. The summed E-state index contributed by atoms with van der Waals surface area (Å²) in [5, 5.41) is 12.1. The summed E-state index contributed by atoms with van der Waals surface area (Å²) in [5.74, 6) is -0.231. The summed E-state index contributed by atoms with van der Waals surface area (Å²) in [4.78, 5) is 11.9. The van der Waals surface area contributed by atoms with E-state index in [2.05, 4.69) is 5.32 Å². The third-order valence-corrected chi connectivity index (χ3v) is 2.78. The number of carbonyl (C=O) groups excluding carboxylic acids is 1. The van der Waals surface area contributed by atoms with Crippen LogP contribution in [-0.4, -0.2) is 23.2 Å². The van der Waals surface area contributed by atoms with Crippen molar-refractivity contribution in [1.29, 1.82) is 0 Å². The van der Waals surface area contributed by atoms with Gasteiger partial charge in [0.25, 0.3) is 5.91 Å². The molecule has 1 aromatic carbocycles. The first-order valence-corrected chi connectivity index (χ1v) is 5.72. The molecule has 0 saturated heterocycles. The van der Waals surface area contributed by atoms with Crippen LogP contribution in [0.1, 0.15) is 30.6 Å². The Morgan fingerprint density at radius 1 is 1.53 bits per heavy atom. The van der Waals surface area contributed by atoms with Crippen LogP contribution >= 0.6 is 11.6 Å². The maximum absolute atomic E-state index is 11.9. The Bertz CT molecular complexity index is 419. The summed E-state index contributed by atoms with van der Waals surface area (Å²) in [6.45, 7) is 3.72.